The summed E-state index contributed by atoms with van der Waals surface area (Å²) < 4.78 is 0. The minimum absolute atomic E-state index is 0.500. The second kappa shape index (κ2) is 2.00. The second-order valence-corrected chi connectivity index (χ2v) is 2.46. The van der Waals surface area contributed by atoms with Crippen molar-refractivity contribution in [2.75, 3.05) is 0 Å². The highest BCUT2D eigenvalue weighted by atomic mass is 32.1. The molecule has 0 aromatic rings. The molecule has 1 aliphatic rings. The zero-order valence-electron chi connectivity index (χ0n) is 3.72. The maximum Gasteiger partial charge on any atom is 0.176 e. The van der Waals surface area contributed by atoms with E-state index in [0.717, 1.165) is 0 Å². The number of hydrogen-bond donors (Lipinski definition) is 2. The predicted molar refractivity (Wildman–Crippen MR) is 44.1 cm³/mol. The Morgan fingerprint density at radius 3 is 1.38 bits per heavy atom. The second-order valence-electron chi connectivity index (χ2n) is 1.24. The van der Waals surface area contributed by atoms with E-state index in [1.807, 2.05) is 0 Å². The van der Waals surface area contributed by atoms with Gasteiger partial charge >= 0.3 is 0 Å². The van der Waals surface area contributed by atoms with Crippen LogP contribution in [0.25, 0.3) is 0 Å². The Balaban J connectivity index is 2.79. The molecule has 42 valence electrons. The van der Waals surface area contributed by atoms with Crippen molar-refractivity contribution in [3.8, 4) is 0 Å². The summed E-state index contributed by atoms with van der Waals surface area (Å²) in [6.45, 7) is 0. The summed E-state index contributed by atoms with van der Waals surface area (Å²) in [7, 11) is 0. The molecule has 0 aromatic carbocycles. The van der Waals surface area contributed by atoms with E-state index in [1.54, 1.807) is 0 Å². The molecule has 1 fully saturated rings. The highest BCUT2D eigenvalue weighted by molar-refractivity contribution is 7.90. The lowest BCUT2D eigenvalue weighted by Crippen LogP contribution is -2.21. The van der Waals surface area contributed by atoms with E-state index in [4.69, 9.17) is 24.4 Å². The Hall–Kier alpha value is -0.130. The van der Waals surface area contributed by atoms with Crippen LogP contribution < -0.4 is 10.6 Å². The van der Waals surface area contributed by atoms with E-state index < -0.39 is 0 Å². The first-order valence-electron chi connectivity index (χ1n) is 1.86. The third kappa shape index (κ3) is 0.988. The SMILES string of the molecule is S=C1NC(=S)C(=S)N1. The van der Waals surface area contributed by atoms with Crippen LogP contribution >= 0.6 is 36.7 Å². The van der Waals surface area contributed by atoms with Crippen LogP contribution in [0.2, 0.25) is 0 Å². The Kier molecular flexibility index (Phi) is 1.50. The van der Waals surface area contributed by atoms with Crippen LogP contribution in [-0.2, 0) is 0 Å². The maximum atomic E-state index is 4.72. The lowest BCUT2D eigenvalue weighted by molar-refractivity contribution is 1.39. The van der Waals surface area contributed by atoms with Crippen molar-refractivity contribution in [3.05, 3.63) is 0 Å². The first-order valence-corrected chi connectivity index (χ1v) is 3.09. The number of nitrogens with one attached hydrogen (secondary N) is 2. The van der Waals surface area contributed by atoms with Gasteiger partial charge in [0, 0.05) is 0 Å². The molecule has 0 atom stereocenters. The molecule has 1 heterocycles. The molecule has 5 heteroatoms. The van der Waals surface area contributed by atoms with Crippen LogP contribution in [0.1, 0.15) is 0 Å². The van der Waals surface area contributed by atoms with E-state index in [0.29, 0.717) is 15.1 Å². The molecule has 2 N–H and O–H groups in total. The summed E-state index contributed by atoms with van der Waals surface area (Å²) >= 11 is 14.1. The number of thiocarbonyl (C=S) groups is 3. The van der Waals surface area contributed by atoms with Crippen molar-refractivity contribution in [2.45, 2.75) is 0 Å². The predicted octanol–water partition coefficient (Wildman–Crippen LogP) is 0.119. The lowest BCUT2D eigenvalue weighted by atomic mass is 10.7. The third-order valence-corrected chi connectivity index (χ3v) is 1.61. The normalized spacial score (nSPS) is 18.2. The summed E-state index contributed by atoms with van der Waals surface area (Å²) in [5.41, 5.74) is 0. The van der Waals surface area contributed by atoms with Gasteiger partial charge in [0.05, 0.1) is 0 Å². The number of hydrogen-bond acceptors (Lipinski definition) is 3. The average Bonchev–Trinajstić information content (AvgIpc) is 1.85. The Morgan fingerprint density at radius 2 is 1.25 bits per heavy atom. The Morgan fingerprint density at radius 1 is 0.875 bits per heavy atom. The summed E-state index contributed by atoms with van der Waals surface area (Å²) in [4.78, 5) is 1.04. The molecular weight excluding hydrogens is 160 g/mol. The van der Waals surface area contributed by atoms with Crippen LogP contribution in [0, 0.1) is 0 Å². The molecule has 0 bridgehead atoms. The lowest BCUT2D eigenvalue weighted by Gasteiger charge is -1.84. The minimum Gasteiger partial charge on any atom is -0.321 e. The van der Waals surface area contributed by atoms with Gasteiger partial charge in [-0.25, -0.2) is 0 Å². The van der Waals surface area contributed by atoms with Gasteiger partial charge in [-0.3, -0.25) is 0 Å². The zero-order chi connectivity index (χ0) is 6.15. The molecule has 0 aliphatic carbocycles. The highest BCUT2D eigenvalue weighted by Gasteiger charge is 2.14. The van der Waals surface area contributed by atoms with Gasteiger partial charge < -0.3 is 10.6 Å². The van der Waals surface area contributed by atoms with Gasteiger partial charge in [-0.1, -0.05) is 24.4 Å². The monoisotopic (exact) mass is 162 g/mol. The molecule has 1 aliphatic heterocycles. The average molecular weight is 162 g/mol. The van der Waals surface area contributed by atoms with Gasteiger partial charge in [0.25, 0.3) is 0 Å². The molecule has 0 spiro atoms. The molecule has 0 aromatic heterocycles. The van der Waals surface area contributed by atoms with Crippen molar-refractivity contribution >= 4 is 51.7 Å². The van der Waals surface area contributed by atoms with Gasteiger partial charge in [0.15, 0.2) is 5.11 Å². The van der Waals surface area contributed by atoms with Crippen LogP contribution in [0.5, 0.6) is 0 Å². The van der Waals surface area contributed by atoms with Gasteiger partial charge in [-0.05, 0) is 12.2 Å². The van der Waals surface area contributed by atoms with E-state index >= 15 is 0 Å². The maximum absolute atomic E-state index is 4.72. The smallest absolute Gasteiger partial charge is 0.176 e. The quantitative estimate of drug-likeness (QED) is 0.493. The molecule has 0 unspecified atom stereocenters. The highest BCUT2D eigenvalue weighted by Crippen LogP contribution is 1.86. The molecule has 0 amide bonds. The van der Waals surface area contributed by atoms with Crippen LogP contribution in [0.15, 0.2) is 0 Å². The van der Waals surface area contributed by atoms with Gasteiger partial charge in [-0.15, -0.1) is 0 Å². The Bertz CT molecular complexity index is 155. The summed E-state index contributed by atoms with van der Waals surface area (Å²) in [5, 5.41) is 5.85. The standard InChI is InChI=1S/C3H2N2S3/c6-1-2(7)5-3(8)4-1/h(H2,4,5,6,7,8). The van der Waals surface area contributed by atoms with Crippen LogP contribution in [-0.4, -0.2) is 15.1 Å². The van der Waals surface area contributed by atoms with Crippen LogP contribution in [0.3, 0.4) is 0 Å². The van der Waals surface area contributed by atoms with Gasteiger partial charge in [0.1, 0.15) is 9.98 Å². The van der Waals surface area contributed by atoms with Crippen molar-refractivity contribution in [1.82, 2.24) is 10.6 Å². The van der Waals surface area contributed by atoms with Crippen molar-refractivity contribution in [1.29, 1.82) is 0 Å². The van der Waals surface area contributed by atoms with Gasteiger partial charge in [0.2, 0.25) is 0 Å². The first-order chi connectivity index (χ1) is 3.70. The topological polar surface area (TPSA) is 24.1 Å². The molecule has 1 rings (SSSR count). The van der Waals surface area contributed by atoms with Crippen molar-refractivity contribution in [2.24, 2.45) is 0 Å². The van der Waals surface area contributed by atoms with Crippen LogP contribution in [0.4, 0.5) is 0 Å². The van der Waals surface area contributed by atoms with Crippen molar-refractivity contribution < 1.29 is 0 Å². The fraction of sp³-hybridized carbons (Fsp3) is 0. The van der Waals surface area contributed by atoms with E-state index in [-0.39, 0.29) is 0 Å². The fourth-order valence-electron chi connectivity index (χ4n) is 0.351. The number of rotatable bonds is 0. The summed E-state index contributed by atoms with van der Waals surface area (Å²) in [6.07, 6.45) is 0. The summed E-state index contributed by atoms with van der Waals surface area (Å²) in [5.74, 6) is 0. The van der Waals surface area contributed by atoms with Crippen molar-refractivity contribution in [3.63, 3.8) is 0 Å². The van der Waals surface area contributed by atoms with E-state index in [2.05, 4.69) is 22.9 Å². The summed E-state index contributed by atoms with van der Waals surface area (Å²) in [6, 6.07) is 0. The minimum atomic E-state index is 0.500. The van der Waals surface area contributed by atoms with E-state index in [9.17, 15) is 0 Å². The molecule has 2 nitrogen and oxygen atoms in total. The molecular formula is C3H2N2S3. The third-order valence-electron chi connectivity index (χ3n) is 0.660. The van der Waals surface area contributed by atoms with E-state index in [1.165, 1.54) is 0 Å². The molecule has 0 radical (unpaired) electrons. The zero-order valence-corrected chi connectivity index (χ0v) is 6.17. The first kappa shape index (κ1) is 6.00. The molecule has 1 saturated heterocycles. The largest absolute Gasteiger partial charge is 0.321 e. The fourth-order valence-corrected chi connectivity index (χ4v) is 0.991. The van der Waals surface area contributed by atoms with Gasteiger partial charge in [-0.2, -0.15) is 0 Å². The molecule has 8 heavy (non-hydrogen) atoms. The molecule has 0 saturated carbocycles. The Labute approximate surface area is 62.6 Å².